The standard InChI is InChI=1S/C28H29N3O7/c1-29-20-6-3-2-5-19(20)28(27(29)35)23(24(32)18-7-8-21-22(17-18)38-16-15-37-21)25(33)26(34)31(28)10-4-9-30-11-13-36-14-12-30/h2-3,5-8,17,32H,4,9-16H2,1H3/b24-23-. The maximum Gasteiger partial charge on any atom is 0.296 e. The van der Waals surface area contributed by atoms with E-state index in [1.807, 2.05) is 0 Å². The van der Waals surface area contributed by atoms with E-state index in [-0.39, 0.29) is 17.7 Å². The van der Waals surface area contributed by atoms with Gasteiger partial charge in [0.05, 0.1) is 19.8 Å². The highest BCUT2D eigenvalue weighted by Crippen LogP contribution is 2.53. The number of fused-ring (bicyclic) bond motifs is 3. The molecule has 1 N–H and O–H groups in total. The summed E-state index contributed by atoms with van der Waals surface area (Å²) in [4.78, 5) is 45.3. The van der Waals surface area contributed by atoms with Crippen LogP contribution < -0.4 is 24.4 Å². The molecule has 2 fully saturated rings. The molecule has 10 nitrogen and oxygen atoms in total. The number of morpholine rings is 1. The van der Waals surface area contributed by atoms with Gasteiger partial charge in [0.25, 0.3) is 11.8 Å². The molecule has 2 aromatic carbocycles. The van der Waals surface area contributed by atoms with Crippen molar-refractivity contribution in [3.8, 4) is 11.5 Å². The summed E-state index contributed by atoms with van der Waals surface area (Å²) in [6.45, 7) is 4.74. The number of likely N-dealkylation sites (tertiary alicyclic amines) is 1. The SMILES string of the molecule is CN1C(=O)C2(/C(=C(\[O-])c3ccc4c(c3)OCCO4)C(=O)C(=O)N2CCC[NH+]2CCOCC2)c2ccccc21. The molecule has 2 amide bonds. The minimum Gasteiger partial charge on any atom is -0.872 e. The van der Waals surface area contributed by atoms with Crippen LogP contribution in [-0.2, 0) is 24.7 Å². The van der Waals surface area contributed by atoms with Gasteiger partial charge in [-0.2, -0.15) is 0 Å². The largest absolute Gasteiger partial charge is 0.872 e. The molecule has 4 heterocycles. The van der Waals surface area contributed by atoms with E-state index in [1.165, 1.54) is 26.8 Å². The summed E-state index contributed by atoms with van der Waals surface area (Å²) in [6, 6.07) is 11.7. The van der Waals surface area contributed by atoms with Gasteiger partial charge >= 0.3 is 0 Å². The third kappa shape index (κ3) is 3.58. The van der Waals surface area contributed by atoms with E-state index >= 15 is 0 Å². The molecular formula is C28H29N3O7. The van der Waals surface area contributed by atoms with Crippen molar-refractivity contribution in [1.29, 1.82) is 0 Å². The van der Waals surface area contributed by atoms with Crippen molar-refractivity contribution in [3.63, 3.8) is 0 Å². The lowest BCUT2D eigenvalue weighted by molar-refractivity contribution is -0.908. The second-order valence-electron chi connectivity index (χ2n) is 9.91. The summed E-state index contributed by atoms with van der Waals surface area (Å²) in [5.41, 5.74) is -0.962. The molecule has 10 heteroatoms. The number of ketones is 1. The van der Waals surface area contributed by atoms with Crippen molar-refractivity contribution in [1.82, 2.24) is 4.90 Å². The number of nitrogens with zero attached hydrogens (tertiary/aromatic N) is 2. The molecule has 0 saturated carbocycles. The van der Waals surface area contributed by atoms with Crippen LogP contribution in [0.4, 0.5) is 5.69 Å². The van der Waals surface area contributed by atoms with Crippen molar-refractivity contribution in [2.24, 2.45) is 0 Å². The number of hydrogen-bond donors (Lipinski definition) is 1. The van der Waals surface area contributed by atoms with Gasteiger partial charge < -0.3 is 34.0 Å². The topological polar surface area (TPSA) is 113 Å². The Hall–Kier alpha value is -3.89. The number of quaternary nitrogens is 1. The number of carbonyl (C=O) groups excluding carboxylic acids is 3. The number of nitrogens with one attached hydrogen (secondary N) is 1. The Morgan fingerprint density at radius 1 is 1.00 bits per heavy atom. The number of likely N-dealkylation sites (N-methyl/N-ethyl adjacent to an activating group) is 1. The molecule has 6 rings (SSSR count). The Morgan fingerprint density at radius 3 is 2.53 bits per heavy atom. The van der Waals surface area contributed by atoms with Gasteiger partial charge in [-0.1, -0.05) is 30.0 Å². The first-order valence-corrected chi connectivity index (χ1v) is 12.9. The number of ether oxygens (including phenoxy) is 3. The number of carbonyl (C=O) groups is 3. The number of Topliss-reactive ketones (excluding diaryl/α,β-unsaturated/α-hetero) is 1. The Bertz CT molecular complexity index is 1350. The zero-order valence-electron chi connectivity index (χ0n) is 21.2. The van der Waals surface area contributed by atoms with E-state index < -0.39 is 28.9 Å². The Balaban J connectivity index is 1.47. The number of para-hydroxylation sites is 1. The Kier molecular flexibility index (Phi) is 6.08. The number of anilines is 1. The van der Waals surface area contributed by atoms with Crippen LogP contribution in [0.1, 0.15) is 17.5 Å². The molecule has 0 aliphatic carbocycles. The van der Waals surface area contributed by atoms with Crippen LogP contribution in [0.3, 0.4) is 0 Å². The van der Waals surface area contributed by atoms with Crippen molar-refractivity contribution < 1.29 is 38.6 Å². The minimum atomic E-state index is -1.82. The lowest BCUT2D eigenvalue weighted by atomic mass is 9.81. The number of hydrogen-bond acceptors (Lipinski definition) is 7. The first-order chi connectivity index (χ1) is 18.4. The van der Waals surface area contributed by atoms with Gasteiger partial charge in [-0.3, -0.25) is 14.4 Å². The monoisotopic (exact) mass is 519 g/mol. The molecule has 2 saturated heterocycles. The summed E-state index contributed by atoms with van der Waals surface area (Å²) in [5, 5.41) is 14.1. The van der Waals surface area contributed by atoms with E-state index in [9.17, 15) is 19.5 Å². The van der Waals surface area contributed by atoms with Crippen LogP contribution in [0.15, 0.2) is 48.0 Å². The molecule has 1 spiro atoms. The van der Waals surface area contributed by atoms with Crippen molar-refractivity contribution in [2.75, 3.05) is 64.6 Å². The lowest BCUT2D eigenvalue weighted by Crippen LogP contribution is -3.14. The van der Waals surface area contributed by atoms with Crippen molar-refractivity contribution in [2.45, 2.75) is 12.0 Å². The van der Waals surface area contributed by atoms with Gasteiger partial charge in [0.15, 0.2) is 17.0 Å². The fourth-order valence-electron chi connectivity index (χ4n) is 5.99. The summed E-state index contributed by atoms with van der Waals surface area (Å²) in [6.07, 6.45) is 0.570. The number of amides is 2. The predicted molar refractivity (Wildman–Crippen MR) is 134 cm³/mol. The molecule has 2 aromatic rings. The highest BCUT2D eigenvalue weighted by Gasteiger charge is 2.65. The van der Waals surface area contributed by atoms with Crippen molar-refractivity contribution >= 4 is 29.0 Å². The third-order valence-electron chi connectivity index (χ3n) is 7.85. The molecule has 1 atom stereocenters. The molecular weight excluding hydrogens is 490 g/mol. The predicted octanol–water partition coefficient (Wildman–Crippen LogP) is -0.882. The van der Waals surface area contributed by atoms with E-state index in [0.717, 1.165) is 19.6 Å². The van der Waals surface area contributed by atoms with E-state index in [1.54, 1.807) is 37.4 Å². The zero-order chi connectivity index (χ0) is 26.4. The molecule has 38 heavy (non-hydrogen) atoms. The second-order valence-corrected chi connectivity index (χ2v) is 9.91. The Labute approximate surface area is 220 Å². The van der Waals surface area contributed by atoms with Gasteiger partial charge in [-0.15, -0.1) is 0 Å². The Morgan fingerprint density at radius 2 is 1.74 bits per heavy atom. The highest BCUT2D eigenvalue weighted by molar-refractivity contribution is 6.49. The molecule has 198 valence electrons. The first-order valence-electron chi connectivity index (χ1n) is 12.9. The van der Waals surface area contributed by atoms with Gasteiger partial charge in [-0.25, -0.2) is 0 Å². The van der Waals surface area contributed by atoms with Crippen LogP contribution in [0, 0.1) is 0 Å². The van der Waals surface area contributed by atoms with Crippen LogP contribution in [-0.4, -0.2) is 82.2 Å². The average molecular weight is 520 g/mol. The molecule has 1 unspecified atom stereocenters. The fraction of sp³-hybridized carbons (Fsp3) is 0.393. The van der Waals surface area contributed by atoms with Crippen molar-refractivity contribution in [3.05, 3.63) is 59.2 Å². The quantitative estimate of drug-likeness (QED) is 0.310. The second kappa shape index (κ2) is 9.45. The van der Waals surface area contributed by atoms with E-state index in [2.05, 4.69) is 0 Å². The maximum absolute atomic E-state index is 14.1. The molecule has 4 aliphatic heterocycles. The summed E-state index contributed by atoms with van der Waals surface area (Å²) in [7, 11) is 1.60. The lowest BCUT2D eigenvalue weighted by Gasteiger charge is -2.36. The third-order valence-corrected chi connectivity index (χ3v) is 7.85. The average Bonchev–Trinajstić information content (AvgIpc) is 3.31. The van der Waals surface area contributed by atoms with Gasteiger partial charge in [0.2, 0.25) is 5.78 Å². The van der Waals surface area contributed by atoms with Gasteiger partial charge in [0.1, 0.15) is 26.3 Å². The van der Waals surface area contributed by atoms with Crippen LogP contribution in [0.5, 0.6) is 11.5 Å². The minimum absolute atomic E-state index is 0.157. The molecule has 0 radical (unpaired) electrons. The van der Waals surface area contributed by atoms with Crippen LogP contribution >= 0.6 is 0 Å². The van der Waals surface area contributed by atoms with Crippen LogP contribution in [0.25, 0.3) is 5.76 Å². The summed E-state index contributed by atoms with van der Waals surface area (Å²) < 4.78 is 16.6. The first kappa shape index (κ1) is 24.4. The number of rotatable bonds is 5. The molecule has 0 aromatic heterocycles. The fourth-order valence-corrected chi connectivity index (χ4v) is 5.99. The smallest absolute Gasteiger partial charge is 0.296 e. The zero-order valence-corrected chi connectivity index (χ0v) is 21.2. The summed E-state index contributed by atoms with van der Waals surface area (Å²) in [5.74, 6) is -2.05. The van der Waals surface area contributed by atoms with Gasteiger partial charge in [0, 0.05) is 36.8 Å². The normalized spacial score (nSPS) is 24.4. The maximum atomic E-state index is 14.1. The van der Waals surface area contributed by atoms with E-state index in [4.69, 9.17) is 14.2 Å². The van der Waals surface area contributed by atoms with Crippen LogP contribution in [0.2, 0.25) is 0 Å². The van der Waals surface area contributed by atoms with Gasteiger partial charge in [-0.05, 0) is 23.8 Å². The molecule has 4 aliphatic rings. The summed E-state index contributed by atoms with van der Waals surface area (Å²) >= 11 is 0. The number of benzene rings is 2. The van der Waals surface area contributed by atoms with E-state index in [0.29, 0.717) is 55.6 Å². The highest BCUT2D eigenvalue weighted by atomic mass is 16.6. The molecule has 0 bridgehead atoms.